The maximum Gasteiger partial charge on any atom is 0.416 e. The van der Waals surface area contributed by atoms with E-state index in [0.717, 1.165) is 18.2 Å². The van der Waals surface area contributed by atoms with Crippen molar-refractivity contribution in [2.24, 2.45) is 0 Å². The number of nitrogens with one attached hydrogen (secondary N) is 1. The number of anilines is 1. The molecule has 0 radical (unpaired) electrons. The van der Waals surface area contributed by atoms with Crippen molar-refractivity contribution in [3.05, 3.63) is 41.4 Å². The van der Waals surface area contributed by atoms with E-state index in [4.69, 9.17) is 16.3 Å². The van der Waals surface area contributed by atoms with Crippen molar-refractivity contribution in [3.63, 3.8) is 0 Å². The van der Waals surface area contributed by atoms with E-state index in [1.54, 1.807) is 6.92 Å². The number of carbonyl (C=O) groups excluding carboxylic acids is 1. The van der Waals surface area contributed by atoms with Crippen LogP contribution >= 0.6 is 11.6 Å². The summed E-state index contributed by atoms with van der Waals surface area (Å²) in [5.74, 6) is -0.585. The van der Waals surface area contributed by atoms with Crippen LogP contribution in [0, 0.1) is 0 Å². The Morgan fingerprint density at radius 3 is 2.65 bits per heavy atom. The second-order valence-corrected chi connectivity index (χ2v) is 4.21. The zero-order chi connectivity index (χ0) is 15.3. The lowest BCUT2D eigenvalue weighted by atomic mass is 10.2. The Morgan fingerprint density at radius 1 is 1.55 bits per heavy atom. The Kier molecular flexibility index (Phi) is 5.44. The first-order valence-electron chi connectivity index (χ1n) is 5.72. The highest BCUT2D eigenvalue weighted by Crippen LogP contribution is 2.33. The van der Waals surface area contributed by atoms with Crippen LogP contribution in [-0.2, 0) is 15.7 Å². The third-order valence-electron chi connectivity index (χ3n) is 2.38. The predicted molar refractivity (Wildman–Crippen MR) is 70.7 cm³/mol. The van der Waals surface area contributed by atoms with Gasteiger partial charge in [0.1, 0.15) is 6.04 Å². The highest BCUT2D eigenvalue weighted by molar-refractivity contribution is 6.33. The summed E-state index contributed by atoms with van der Waals surface area (Å²) >= 11 is 5.77. The minimum atomic E-state index is -4.47. The number of benzene rings is 1. The van der Waals surface area contributed by atoms with Gasteiger partial charge in [-0.05, 0) is 25.1 Å². The summed E-state index contributed by atoms with van der Waals surface area (Å²) in [5, 5.41) is 2.53. The SMILES string of the molecule is C=CC(Nc1ccc(C(F)(F)F)cc1Cl)C(=O)OCC. The first kappa shape index (κ1) is 16.4. The Morgan fingerprint density at radius 2 is 2.20 bits per heavy atom. The molecule has 0 aliphatic carbocycles. The standard InChI is InChI=1S/C13H13ClF3NO2/c1-3-10(12(19)20-4-2)18-11-6-5-8(7-9(11)14)13(15,16)17/h3,5-7,10,18H,1,4H2,2H3. The van der Waals surface area contributed by atoms with Crippen molar-refractivity contribution in [1.82, 2.24) is 0 Å². The second-order valence-electron chi connectivity index (χ2n) is 3.80. The summed E-state index contributed by atoms with van der Waals surface area (Å²) < 4.78 is 42.3. The van der Waals surface area contributed by atoms with E-state index < -0.39 is 23.8 Å². The second kappa shape index (κ2) is 6.65. The molecule has 0 amide bonds. The number of hydrogen-bond acceptors (Lipinski definition) is 3. The lowest BCUT2D eigenvalue weighted by Crippen LogP contribution is -2.29. The molecule has 0 bridgehead atoms. The molecule has 1 aromatic rings. The number of alkyl halides is 3. The molecule has 1 aromatic carbocycles. The molecule has 0 saturated carbocycles. The van der Waals surface area contributed by atoms with Crippen LogP contribution in [0.15, 0.2) is 30.9 Å². The average Bonchev–Trinajstić information content (AvgIpc) is 2.36. The fourth-order valence-electron chi connectivity index (χ4n) is 1.42. The van der Waals surface area contributed by atoms with E-state index in [9.17, 15) is 18.0 Å². The molecule has 1 N–H and O–H groups in total. The van der Waals surface area contributed by atoms with Crippen LogP contribution in [0.5, 0.6) is 0 Å². The van der Waals surface area contributed by atoms with Crippen LogP contribution < -0.4 is 5.32 Å². The van der Waals surface area contributed by atoms with E-state index in [2.05, 4.69) is 11.9 Å². The number of rotatable bonds is 5. The normalized spacial score (nSPS) is 12.7. The first-order chi connectivity index (χ1) is 9.29. The summed E-state index contributed by atoms with van der Waals surface area (Å²) in [6.07, 6.45) is -3.19. The number of hydrogen-bond donors (Lipinski definition) is 1. The molecule has 0 fully saturated rings. The van der Waals surface area contributed by atoms with Crippen molar-refractivity contribution < 1.29 is 22.7 Å². The molecular formula is C13H13ClF3NO2. The minimum absolute atomic E-state index is 0.143. The third-order valence-corrected chi connectivity index (χ3v) is 2.70. The van der Waals surface area contributed by atoms with Crippen LogP contribution in [0.25, 0.3) is 0 Å². The molecule has 0 aliphatic heterocycles. The minimum Gasteiger partial charge on any atom is -0.464 e. The number of carbonyl (C=O) groups is 1. The summed E-state index contributed by atoms with van der Waals surface area (Å²) in [6, 6.07) is 1.93. The van der Waals surface area contributed by atoms with Crippen LogP contribution in [0.4, 0.5) is 18.9 Å². The van der Waals surface area contributed by atoms with Gasteiger partial charge in [-0.1, -0.05) is 17.7 Å². The summed E-state index contributed by atoms with van der Waals surface area (Å²) in [5.41, 5.74) is -0.669. The Hall–Kier alpha value is -1.69. The van der Waals surface area contributed by atoms with Gasteiger partial charge < -0.3 is 10.1 Å². The van der Waals surface area contributed by atoms with Gasteiger partial charge in [0.2, 0.25) is 0 Å². The zero-order valence-corrected chi connectivity index (χ0v) is 11.4. The predicted octanol–water partition coefficient (Wildman–Crippen LogP) is 3.89. The molecular weight excluding hydrogens is 295 g/mol. The van der Waals surface area contributed by atoms with Crippen LogP contribution in [-0.4, -0.2) is 18.6 Å². The molecule has 0 aliphatic rings. The quantitative estimate of drug-likeness (QED) is 0.662. The molecule has 0 spiro atoms. The molecule has 1 unspecified atom stereocenters. The Balaban J connectivity index is 2.92. The van der Waals surface area contributed by atoms with Crippen molar-refractivity contribution in [1.29, 1.82) is 0 Å². The van der Waals surface area contributed by atoms with Gasteiger partial charge in [-0.3, -0.25) is 0 Å². The highest BCUT2D eigenvalue weighted by Gasteiger charge is 2.31. The van der Waals surface area contributed by atoms with Gasteiger partial charge in [-0.25, -0.2) is 4.79 Å². The fraction of sp³-hybridized carbons (Fsp3) is 0.308. The molecule has 1 atom stereocenters. The van der Waals surface area contributed by atoms with Crippen LogP contribution in [0.2, 0.25) is 5.02 Å². The molecule has 0 saturated heterocycles. The molecule has 110 valence electrons. The van der Waals surface area contributed by atoms with Crippen molar-refractivity contribution in [2.45, 2.75) is 19.1 Å². The van der Waals surface area contributed by atoms with E-state index in [0.29, 0.717) is 0 Å². The maximum atomic E-state index is 12.5. The zero-order valence-electron chi connectivity index (χ0n) is 10.6. The molecule has 20 heavy (non-hydrogen) atoms. The average molecular weight is 308 g/mol. The topological polar surface area (TPSA) is 38.3 Å². The molecule has 0 aromatic heterocycles. The molecule has 7 heteroatoms. The molecule has 3 nitrogen and oxygen atoms in total. The van der Waals surface area contributed by atoms with Crippen molar-refractivity contribution in [2.75, 3.05) is 11.9 Å². The van der Waals surface area contributed by atoms with E-state index >= 15 is 0 Å². The van der Waals surface area contributed by atoms with Gasteiger partial charge in [0, 0.05) is 0 Å². The number of esters is 1. The number of ether oxygens (including phenoxy) is 1. The van der Waals surface area contributed by atoms with Gasteiger partial charge in [0.25, 0.3) is 0 Å². The molecule has 1 rings (SSSR count). The highest BCUT2D eigenvalue weighted by atomic mass is 35.5. The summed E-state index contributed by atoms with van der Waals surface area (Å²) in [4.78, 5) is 11.5. The third kappa shape index (κ3) is 4.16. The molecule has 0 heterocycles. The number of halogens is 4. The van der Waals surface area contributed by atoms with Crippen molar-refractivity contribution >= 4 is 23.3 Å². The van der Waals surface area contributed by atoms with Gasteiger partial charge >= 0.3 is 12.1 Å². The van der Waals surface area contributed by atoms with E-state index in [1.807, 2.05) is 0 Å². The van der Waals surface area contributed by atoms with Gasteiger partial charge in [-0.15, -0.1) is 6.58 Å². The largest absolute Gasteiger partial charge is 0.464 e. The smallest absolute Gasteiger partial charge is 0.416 e. The lowest BCUT2D eigenvalue weighted by molar-refractivity contribution is -0.143. The Labute approximate surface area is 119 Å². The van der Waals surface area contributed by atoms with Crippen LogP contribution in [0.3, 0.4) is 0 Å². The summed E-state index contributed by atoms with van der Waals surface area (Å²) in [7, 11) is 0. The first-order valence-corrected chi connectivity index (χ1v) is 6.09. The van der Waals surface area contributed by atoms with E-state index in [-0.39, 0.29) is 17.3 Å². The van der Waals surface area contributed by atoms with Gasteiger partial charge in [0.05, 0.1) is 22.9 Å². The maximum absolute atomic E-state index is 12.5. The summed E-state index contributed by atoms with van der Waals surface area (Å²) in [6.45, 7) is 5.29. The fourth-order valence-corrected chi connectivity index (χ4v) is 1.66. The van der Waals surface area contributed by atoms with E-state index in [1.165, 1.54) is 6.08 Å². The van der Waals surface area contributed by atoms with Gasteiger partial charge in [0.15, 0.2) is 0 Å². The van der Waals surface area contributed by atoms with Gasteiger partial charge in [-0.2, -0.15) is 13.2 Å². The monoisotopic (exact) mass is 307 g/mol. The van der Waals surface area contributed by atoms with Crippen molar-refractivity contribution in [3.8, 4) is 0 Å². The van der Waals surface area contributed by atoms with Crippen LogP contribution in [0.1, 0.15) is 12.5 Å². The lowest BCUT2D eigenvalue weighted by Gasteiger charge is -2.16. The Bertz CT molecular complexity index is 503.